The van der Waals surface area contributed by atoms with Crippen LogP contribution in [0, 0.1) is 0 Å². The van der Waals surface area contributed by atoms with E-state index in [1.54, 1.807) is 6.26 Å². The third-order valence-electron chi connectivity index (χ3n) is 3.05. The summed E-state index contributed by atoms with van der Waals surface area (Å²) in [7, 11) is 2.08. The molecule has 0 saturated heterocycles. The van der Waals surface area contributed by atoms with Gasteiger partial charge in [-0.1, -0.05) is 6.08 Å². The van der Waals surface area contributed by atoms with Gasteiger partial charge in [0.1, 0.15) is 5.76 Å². The van der Waals surface area contributed by atoms with Gasteiger partial charge in [-0.25, -0.2) is 0 Å². The van der Waals surface area contributed by atoms with E-state index in [4.69, 9.17) is 4.42 Å². The summed E-state index contributed by atoms with van der Waals surface area (Å²) >= 11 is 1.82. The van der Waals surface area contributed by atoms with Gasteiger partial charge < -0.3 is 14.6 Å². The van der Waals surface area contributed by atoms with Crippen molar-refractivity contribution in [2.45, 2.75) is 19.3 Å². The van der Waals surface area contributed by atoms with Crippen LogP contribution in [0.4, 0.5) is 0 Å². The molecule has 1 N–H and O–H groups in total. The summed E-state index contributed by atoms with van der Waals surface area (Å²) in [6, 6.07) is 3.92. The lowest BCUT2D eigenvalue weighted by molar-refractivity contribution is 0.463. The van der Waals surface area contributed by atoms with E-state index in [9.17, 15) is 0 Å². The first-order valence-electron chi connectivity index (χ1n) is 7.39. The van der Waals surface area contributed by atoms with Gasteiger partial charge in [0.2, 0.25) is 0 Å². The van der Waals surface area contributed by atoms with Gasteiger partial charge in [-0.2, -0.15) is 11.8 Å². The van der Waals surface area contributed by atoms with Gasteiger partial charge in [0.25, 0.3) is 0 Å². The van der Waals surface area contributed by atoms with Crippen molar-refractivity contribution < 1.29 is 4.42 Å². The molecule has 118 valence electrons. The highest BCUT2D eigenvalue weighted by Gasteiger charge is 2.06. The quantitative estimate of drug-likeness (QED) is 0.312. The van der Waals surface area contributed by atoms with Crippen molar-refractivity contribution in [2.75, 3.05) is 38.7 Å². The van der Waals surface area contributed by atoms with Crippen LogP contribution in [0.15, 0.2) is 40.5 Å². The molecule has 0 amide bonds. The Morgan fingerprint density at radius 3 is 3.10 bits per heavy atom. The monoisotopic (exact) mass is 309 g/mol. The number of nitrogens with zero attached hydrogens (tertiary/aromatic N) is 2. The van der Waals surface area contributed by atoms with Crippen molar-refractivity contribution >= 4 is 17.7 Å². The lowest BCUT2D eigenvalue weighted by atomic mass is 10.3. The lowest BCUT2D eigenvalue weighted by Gasteiger charge is -2.22. The van der Waals surface area contributed by atoms with E-state index in [2.05, 4.69) is 35.1 Å². The van der Waals surface area contributed by atoms with Crippen molar-refractivity contribution in [3.8, 4) is 0 Å². The topological polar surface area (TPSA) is 40.8 Å². The van der Waals surface area contributed by atoms with Crippen molar-refractivity contribution in [3.63, 3.8) is 0 Å². The van der Waals surface area contributed by atoms with Crippen LogP contribution in [0.1, 0.15) is 18.6 Å². The Morgan fingerprint density at radius 1 is 1.57 bits per heavy atom. The van der Waals surface area contributed by atoms with Gasteiger partial charge in [0.05, 0.1) is 12.8 Å². The largest absolute Gasteiger partial charge is 0.469 e. The number of hydrogen-bond donors (Lipinski definition) is 1. The molecule has 0 unspecified atom stereocenters. The Hall–Kier alpha value is -1.36. The summed E-state index contributed by atoms with van der Waals surface area (Å²) in [6.07, 6.45) is 8.78. The Bertz CT molecular complexity index is 404. The molecule has 0 spiro atoms. The predicted molar refractivity (Wildman–Crippen MR) is 93.2 cm³/mol. The van der Waals surface area contributed by atoms with Gasteiger partial charge >= 0.3 is 0 Å². The third kappa shape index (κ3) is 7.85. The van der Waals surface area contributed by atoms with Crippen molar-refractivity contribution in [1.29, 1.82) is 0 Å². The average molecular weight is 309 g/mol. The Morgan fingerprint density at radius 2 is 2.43 bits per heavy atom. The predicted octanol–water partition coefficient (Wildman–Crippen LogP) is 3.03. The van der Waals surface area contributed by atoms with E-state index in [1.807, 2.05) is 30.0 Å². The van der Waals surface area contributed by atoms with Crippen LogP contribution in [0.25, 0.3) is 0 Å². The molecule has 5 heteroatoms. The van der Waals surface area contributed by atoms with Crippen LogP contribution in [-0.2, 0) is 6.42 Å². The fourth-order valence-corrected chi connectivity index (χ4v) is 2.16. The average Bonchev–Trinajstić information content (AvgIpc) is 2.99. The minimum Gasteiger partial charge on any atom is -0.469 e. The number of allylic oxidation sites excluding steroid dienone is 1. The molecule has 0 aromatic carbocycles. The second-order valence-electron chi connectivity index (χ2n) is 4.81. The highest BCUT2D eigenvalue weighted by atomic mass is 32.2. The summed E-state index contributed by atoms with van der Waals surface area (Å²) in [5, 5.41) is 3.42. The van der Waals surface area contributed by atoms with Crippen LogP contribution in [0.2, 0.25) is 0 Å². The normalized spacial score (nSPS) is 11.4. The highest BCUT2D eigenvalue weighted by molar-refractivity contribution is 7.98. The first-order valence-corrected chi connectivity index (χ1v) is 8.79. The van der Waals surface area contributed by atoms with E-state index >= 15 is 0 Å². The third-order valence-corrected chi connectivity index (χ3v) is 3.65. The Kier molecular flexibility index (Phi) is 9.53. The summed E-state index contributed by atoms with van der Waals surface area (Å²) in [6.45, 7) is 6.42. The molecular weight excluding hydrogens is 282 g/mol. The molecule has 4 nitrogen and oxygen atoms in total. The van der Waals surface area contributed by atoms with Crippen LogP contribution >= 0.6 is 11.8 Å². The summed E-state index contributed by atoms with van der Waals surface area (Å²) in [5.74, 6) is 3.02. The van der Waals surface area contributed by atoms with Crippen LogP contribution in [-0.4, -0.2) is 49.6 Å². The molecule has 0 radical (unpaired) electrons. The summed E-state index contributed by atoms with van der Waals surface area (Å²) in [4.78, 5) is 6.85. The SMILES string of the molecule is C=CCCCN(C)C(=NCCSC)NCCc1ccco1. The smallest absolute Gasteiger partial charge is 0.193 e. The molecule has 21 heavy (non-hydrogen) atoms. The van der Waals surface area contributed by atoms with Gasteiger partial charge in [0, 0.05) is 32.3 Å². The molecule has 0 aliphatic rings. The maximum absolute atomic E-state index is 5.35. The molecule has 1 aromatic rings. The fourth-order valence-electron chi connectivity index (χ4n) is 1.89. The molecule has 0 saturated carbocycles. The van der Waals surface area contributed by atoms with Crippen LogP contribution in [0.3, 0.4) is 0 Å². The van der Waals surface area contributed by atoms with Crippen molar-refractivity contribution in [1.82, 2.24) is 10.2 Å². The molecular formula is C16H27N3OS. The molecule has 0 bridgehead atoms. The van der Waals surface area contributed by atoms with Gasteiger partial charge in [0.15, 0.2) is 5.96 Å². The van der Waals surface area contributed by atoms with Gasteiger partial charge in [-0.3, -0.25) is 4.99 Å². The first-order chi connectivity index (χ1) is 10.3. The van der Waals surface area contributed by atoms with E-state index in [1.165, 1.54) is 0 Å². The Balaban J connectivity index is 2.42. The molecule has 0 aliphatic heterocycles. The van der Waals surface area contributed by atoms with E-state index < -0.39 is 0 Å². The number of thioether (sulfide) groups is 1. The number of nitrogens with one attached hydrogen (secondary N) is 1. The van der Waals surface area contributed by atoms with Crippen molar-refractivity contribution in [2.24, 2.45) is 4.99 Å². The standard InChI is InChI=1S/C16H27N3OS/c1-4-5-6-12-19(2)16(18-11-14-21-3)17-10-9-15-8-7-13-20-15/h4,7-8,13H,1,5-6,9-12,14H2,2-3H3,(H,17,18). The van der Waals surface area contributed by atoms with E-state index in [0.717, 1.165) is 56.4 Å². The number of aliphatic imine (C=N–C) groups is 1. The molecule has 0 aliphatic carbocycles. The number of furan rings is 1. The maximum Gasteiger partial charge on any atom is 0.193 e. The van der Waals surface area contributed by atoms with E-state index in [-0.39, 0.29) is 0 Å². The first kappa shape index (κ1) is 17.7. The summed E-state index contributed by atoms with van der Waals surface area (Å²) < 4.78 is 5.35. The molecule has 1 rings (SSSR count). The molecule has 1 heterocycles. The molecule has 0 atom stereocenters. The Labute approximate surface area is 132 Å². The van der Waals surface area contributed by atoms with Gasteiger partial charge in [-0.05, 0) is 31.2 Å². The zero-order chi connectivity index (χ0) is 15.3. The molecule has 0 fully saturated rings. The zero-order valence-electron chi connectivity index (χ0n) is 13.2. The number of hydrogen-bond acceptors (Lipinski definition) is 3. The number of guanidine groups is 1. The van der Waals surface area contributed by atoms with Gasteiger partial charge in [-0.15, -0.1) is 6.58 Å². The second kappa shape index (κ2) is 11.3. The van der Waals surface area contributed by atoms with E-state index in [0.29, 0.717) is 0 Å². The minimum atomic E-state index is 0.831. The van der Waals surface area contributed by atoms with Crippen LogP contribution in [0.5, 0.6) is 0 Å². The highest BCUT2D eigenvalue weighted by Crippen LogP contribution is 2.00. The molecule has 1 aromatic heterocycles. The summed E-state index contributed by atoms with van der Waals surface area (Å²) in [5.41, 5.74) is 0. The lowest BCUT2D eigenvalue weighted by Crippen LogP contribution is -2.40. The number of unbranched alkanes of at least 4 members (excludes halogenated alkanes) is 1. The minimum absolute atomic E-state index is 0.831. The number of rotatable bonds is 10. The maximum atomic E-state index is 5.35. The zero-order valence-corrected chi connectivity index (χ0v) is 14.0. The van der Waals surface area contributed by atoms with Crippen molar-refractivity contribution in [3.05, 3.63) is 36.8 Å². The van der Waals surface area contributed by atoms with Crippen LogP contribution < -0.4 is 5.32 Å². The second-order valence-corrected chi connectivity index (χ2v) is 5.79. The fraction of sp³-hybridized carbons (Fsp3) is 0.562.